The van der Waals surface area contributed by atoms with Crippen LogP contribution in [0.25, 0.3) is 0 Å². The Morgan fingerprint density at radius 1 is 1.00 bits per heavy atom. The van der Waals surface area contributed by atoms with E-state index < -0.39 is 22.5 Å². The number of nitrogens with zero attached hydrogens (tertiary/aromatic N) is 1. The molecule has 0 heterocycles. The van der Waals surface area contributed by atoms with Crippen molar-refractivity contribution in [3.63, 3.8) is 0 Å². The summed E-state index contributed by atoms with van der Waals surface area (Å²) in [5.74, 6) is 0.620. The monoisotopic (exact) mass is 482 g/mol. The molecule has 34 heavy (non-hydrogen) atoms. The van der Waals surface area contributed by atoms with Crippen LogP contribution in [-0.2, 0) is 21.4 Å². The van der Waals surface area contributed by atoms with Gasteiger partial charge in [-0.2, -0.15) is 0 Å². The van der Waals surface area contributed by atoms with Crippen molar-refractivity contribution >= 4 is 21.6 Å². The standard InChI is InChI=1S/C26H30N2O5S/c1-19(2)33-22-10-8-9-21(16-22)17-27-26(29)18-28(24-15-20(3)13-14-25(24)32-4)34(30,31)23-11-6-5-7-12-23/h5-16,19H,17-18H2,1-4H3,(H,27,29). The SMILES string of the molecule is COc1ccc(C)cc1N(CC(=O)NCc1cccc(OC(C)C)c1)S(=O)(=O)c1ccccc1. The van der Waals surface area contributed by atoms with Crippen LogP contribution in [0.3, 0.4) is 0 Å². The van der Waals surface area contributed by atoms with Crippen molar-refractivity contribution in [2.45, 2.75) is 38.3 Å². The van der Waals surface area contributed by atoms with Gasteiger partial charge in [-0.1, -0.05) is 36.4 Å². The van der Waals surface area contributed by atoms with E-state index in [2.05, 4.69) is 5.32 Å². The number of ether oxygens (including phenoxy) is 2. The summed E-state index contributed by atoms with van der Waals surface area (Å²) in [4.78, 5) is 13.0. The van der Waals surface area contributed by atoms with Crippen molar-refractivity contribution < 1.29 is 22.7 Å². The van der Waals surface area contributed by atoms with E-state index in [9.17, 15) is 13.2 Å². The zero-order valence-corrected chi connectivity index (χ0v) is 20.6. The van der Waals surface area contributed by atoms with E-state index >= 15 is 0 Å². The number of nitrogens with one attached hydrogen (secondary N) is 1. The van der Waals surface area contributed by atoms with Crippen LogP contribution in [0, 0.1) is 6.92 Å². The van der Waals surface area contributed by atoms with Crippen LogP contribution in [0.4, 0.5) is 5.69 Å². The first-order valence-electron chi connectivity index (χ1n) is 11.0. The molecule has 0 unspecified atom stereocenters. The minimum absolute atomic E-state index is 0.0332. The zero-order valence-electron chi connectivity index (χ0n) is 19.8. The number of rotatable bonds is 10. The fourth-order valence-corrected chi connectivity index (χ4v) is 4.85. The predicted octanol–water partition coefficient (Wildman–Crippen LogP) is 4.30. The normalized spacial score (nSPS) is 11.2. The van der Waals surface area contributed by atoms with E-state index in [1.54, 1.807) is 30.3 Å². The van der Waals surface area contributed by atoms with Crippen molar-refractivity contribution in [2.24, 2.45) is 0 Å². The predicted molar refractivity (Wildman–Crippen MR) is 133 cm³/mol. The molecule has 0 atom stereocenters. The van der Waals surface area contributed by atoms with Gasteiger partial charge in [-0.15, -0.1) is 0 Å². The van der Waals surface area contributed by atoms with E-state index in [0.717, 1.165) is 15.4 Å². The van der Waals surface area contributed by atoms with Gasteiger partial charge < -0.3 is 14.8 Å². The molecule has 0 saturated carbocycles. The number of hydrogen-bond donors (Lipinski definition) is 1. The molecule has 1 N–H and O–H groups in total. The number of aryl methyl sites for hydroxylation is 1. The number of hydrogen-bond acceptors (Lipinski definition) is 5. The van der Waals surface area contributed by atoms with E-state index in [0.29, 0.717) is 17.2 Å². The first-order valence-corrected chi connectivity index (χ1v) is 12.4. The Labute approximate surface area is 201 Å². The van der Waals surface area contributed by atoms with Gasteiger partial charge in [0, 0.05) is 6.54 Å². The molecule has 0 fully saturated rings. The third-order valence-corrected chi connectivity index (χ3v) is 6.76. The molecule has 0 aliphatic heterocycles. The van der Waals surface area contributed by atoms with Gasteiger partial charge in [-0.25, -0.2) is 8.42 Å². The topological polar surface area (TPSA) is 84.9 Å². The molecule has 3 aromatic carbocycles. The van der Waals surface area contributed by atoms with E-state index in [4.69, 9.17) is 9.47 Å². The lowest BCUT2D eigenvalue weighted by atomic mass is 10.2. The summed E-state index contributed by atoms with van der Waals surface area (Å²) in [5, 5.41) is 2.81. The van der Waals surface area contributed by atoms with Gasteiger partial charge in [-0.05, 0) is 68.3 Å². The minimum Gasteiger partial charge on any atom is -0.495 e. The van der Waals surface area contributed by atoms with Crippen LogP contribution in [0.5, 0.6) is 11.5 Å². The highest BCUT2D eigenvalue weighted by Crippen LogP contribution is 2.33. The number of carbonyl (C=O) groups excluding carboxylic acids is 1. The van der Waals surface area contributed by atoms with Crippen LogP contribution >= 0.6 is 0 Å². The average Bonchev–Trinajstić information content (AvgIpc) is 2.81. The third-order valence-electron chi connectivity index (χ3n) is 4.98. The fraction of sp³-hybridized carbons (Fsp3) is 0.269. The highest BCUT2D eigenvalue weighted by atomic mass is 32.2. The second kappa shape index (κ2) is 11.1. The second-order valence-corrected chi connectivity index (χ2v) is 9.95. The maximum Gasteiger partial charge on any atom is 0.264 e. The maximum atomic E-state index is 13.5. The van der Waals surface area contributed by atoms with Crippen LogP contribution in [0.15, 0.2) is 77.7 Å². The Kier molecular flexibility index (Phi) is 8.17. The van der Waals surface area contributed by atoms with Crippen molar-refractivity contribution in [2.75, 3.05) is 18.0 Å². The average molecular weight is 483 g/mol. The van der Waals surface area contributed by atoms with E-state index in [-0.39, 0.29) is 17.5 Å². The van der Waals surface area contributed by atoms with Crippen molar-refractivity contribution in [3.05, 3.63) is 83.9 Å². The maximum absolute atomic E-state index is 13.5. The molecule has 0 radical (unpaired) electrons. The van der Waals surface area contributed by atoms with Gasteiger partial charge in [0.05, 0.1) is 23.8 Å². The third kappa shape index (κ3) is 6.29. The largest absolute Gasteiger partial charge is 0.495 e. The highest BCUT2D eigenvalue weighted by Gasteiger charge is 2.29. The molecule has 0 aliphatic rings. The Morgan fingerprint density at radius 2 is 1.74 bits per heavy atom. The van der Waals surface area contributed by atoms with Gasteiger partial charge in [0.1, 0.15) is 18.0 Å². The lowest BCUT2D eigenvalue weighted by molar-refractivity contribution is -0.119. The molecule has 3 aromatic rings. The fourth-order valence-electron chi connectivity index (χ4n) is 3.40. The van der Waals surface area contributed by atoms with E-state index in [1.165, 1.54) is 19.2 Å². The summed E-state index contributed by atoms with van der Waals surface area (Å²) >= 11 is 0. The summed E-state index contributed by atoms with van der Waals surface area (Å²) in [6, 6.07) is 20.7. The summed E-state index contributed by atoms with van der Waals surface area (Å²) in [5.41, 5.74) is 1.98. The molecule has 1 amide bonds. The lowest BCUT2D eigenvalue weighted by Crippen LogP contribution is -2.40. The van der Waals surface area contributed by atoms with Gasteiger partial charge in [0.25, 0.3) is 10.0 Å². The lowest BCUT2D eigenvalue weighted by Gasteiger charge is -2.26. The van der Waals surface area contributed by atoms with Crippen molar-refractivity contribution in [3.8, 4) is 11.5 Å². The molecule has 0 bridgehead atoms. The molecule has 8 heteroatoms. The summed E-state index contributed by atoms with van der Waals surface area (Å²) < 4.78 is 39.3. The van der Waals surface area contributed by atoms with Crippen molar-refractivity contribution in [1.82, 2.24) is 5.32 Å². The van der Waals surface area contributed by atoms with Gasteiger partial charge in [0.15, 0.2) is 0 Å². The Bertz CT molecular complexity index is 1230. The Balaban J connectivity index is 1.86. The number of benzene rings is 3. The molecule has 0 aromatic heterocycles. The molecule has 0 spiro atoms. The molecule has 7 nitrogen and oxygen atoms in total. The number of methoxy groups -OCH3 is 1. The van der Waals surface area contributed by atoms with Crippen LogP contribution in [0.1, 0.15) is 25.0 Å². The highest BCUT2D eigenvalue weighted by molar-refractivity contribution is 7.92. The molecule has 3 rings (SSSR count). The van der Waals surface area contributed by atoms with Crippen LogP contribution in [-0.4, -0.2) is 34.1 Å². The second-order valence-electron chi connectivity index (χ2n) is 8.09. The van der Waals surface area contributed by atoms with Crippen molar-refractivity contribution in [1.29, 1.82) is 0 Å². The number of amides is 1. The van der Waals surface area contributed by atoms with Crippen LogP contribution in [0.2, 0.25) is 0 Å². The quantitative estimate of drug-likeness (QED) is 0.466. The van der Waals surface area contributed by atoms with Gasteiger partial charge >= 0.3 is 0 Å². The van der Waals surface area contributed by atoms with Gasteiger partial charge in [-0.3, -0.25) is 9.10 Å². The first-order chi connectivity index (χ1) is 16.2. The molecular weight excluding hydrogens is 452 g/mol. The zero-order chi connectivity index (χ0) is 24.7. The smallest absolute Gasteiger partial charge is 0.264 e. The summed E-state index contributed by atoms with van der Waals surface area (Å²) in [7, 11) is -2.56. The molecular formula is C26H30N2O5S. The minimum atomic E-state index is -4.03. The number of anilines is 1. The van der Waals surface area contributed by atoms with E-state index in [1.807, 2.05) is 51.1 Å². The number of sulfonamides is 1. The summed E-state index contributed by atoms with van der Waals surface area (Å²) in [6.07, 6.45) is 0.0332. The number of carbonyl (C=O) groups is 1. The molecule has 0 saturated heterocycles. The summed E-state index contributed by atoms with van der Waals surface area (Å²) in [6.45, 7) is 5.56. The first kappa shape index (κ1) is 25.1. The Morgan fingerprint density at radius 3 is 2.41 bits per heavy atom. The molecule has 0 aliphatic carbocycles. The van der Waals surface area contributed by atoms with Crippen LogP contribution < -0.4 is 19.1 Å². The Hall–Kier alpha value is -3.52. The molecule has 180 valence electrons. The van der Waals surface area contributed by atoms with Gasteiger partial charge in [0.2, 0.25) is 5.91 Å².